The number of carbonyl (C=O) groups is 1. The zero-order chi connectivity index (χ0) is 19.2. The molecule has 1 atom stereocenters. The summed E-state index contributed by atoms with van der Waals surface area (Å²) in [7, 11) is 1.97. The molecule has 0 saturated heterocycles. The first-order valence-electron chi connectivity index (χ1n) is 9.90. The SMILES string of the molecule is CC(C)CSc1nnc(CNC(=O)C(c2ccccc2)C2CCCC2)n1C. The van der Waals surface area contributed by atoms with Gasteiger partial charge in [0, 0.05) is 12.8 Å². The van der Waals surface area contributed by atoms with Gasteiger partial charge in [0.2, 0.25) is 5.91 Å². The lowest BCUT2D eigenvalue weighted by Gasteiger charge is -2.23. The largest absolute Gasteiger partial charge is 0.348 e. The van der Waals surface area contributed by atoms with Crippen LogP contribution in [0.15, 0.2) is 35.5 Å². The van der Waals surface area contributed by atoms with Crippen molar-refractivity contribution >= 4 is 17.7 Å². The number of rotatable bonds is 8. The van der Waals surface area contributed by atoms with E-state index in [-0.39, 0.29) is 11.8 Å². The quantitative estimate of drug-likeness (QED) is 0.692. The van der Waals surface area contributed by atoms with Crippen molar-refractivity contribution in [2.45, 2.75) is 57.1 Å². The molecule has 1 aromatic heterocycles. The lowest BCUT2D eigenvalue weighted by Crippen LogP contribution is -2.33. The Morgan fingerprint density at radius 3 is 2.59 bits per heavy atom. The van der Waals surface area contributed by atoms with Gasteiger partial charge in [0.15, 0.2) is 11.0 Å². The van der Waals surface area contributed by atoms with Gasteiger partial charge in [-0.15, -0.1) is 10.2 Å². The third-order valence-electron chi connectivity index (χ3n) is 5.20. The Kier molecular flexibility index (Phi) is 6.94. The summed E-state index contributed by atoms with van der Waals surface area (Å²) in [5.74, 6) is 2.88. The van der Waals surface area contributed by atoms with Gasteiger partial charge in [0.05, 0.1) is 12.5 Å². The van der Waals surface area contributed by atoms with Crippen LogP contribution in [0.2, 0.25) is 0 Å². The normalized spacial score (nSPS) is 16.0. The van der Waals surface area contributed by atoms with Gasteiger partial charge in [-0.3, -0.25) is 4.79 Å². The number of hydrogen-bond acceptors (Lipinski definition) is 4. The molecule has 6 heteroatoms. The second-order valence-corrected chi connectivity index (χ2v) is 8.80. The first-order valence-corrected chi connectivity index (χ1v) is 10.9. The fourth-order valence-electron chi connectivity index (χ4n) is 3.73. The number of aromatic nitrogens is 3. The summed E-state index contributed by atoms with van der Waals surface area (Å²) in [6, 6.07) is 10.2. The second kappa shape index (κ2) is 9.40. The molecular formula is C21H30N4OS. The molecule has 1 aliphatic rings. The summed E-state index contributed by atoms with van der Waals surface area (Å²) in [5.41, 5.74) is 1.12. The van der Waals surface area contributed by atoms with Crippen molar-refractivity contribution in [2.24, 2.45) is 18.9 Å². The van der Waals surface area contributed by atoms with E-state index in [1.165, 1.54) is 12.8 Å². The maximum absolute atomic E-state index is 13.1. The Bertz CT molecular complexity index is 738. The molecule has 1 N–H and O–H groups in total. The van der Waals surface area contributed by atoms with E-state index in [1.807, 2.05) is 29.8 Å². The molecule has 1 amide bonds. The number of benzene rings is 1. The Labute approximate surface area is 166 Å². The van der Waals surface area contributed by atoms with E-state index in [4.69, 9.17) is 0 Å². The molecule has 2 aromatic rings. The zero-order valence-corrected chi connectivity index (χ0v) is 17.3. The third-order valence-corrected chi connectivity index (χ3v) is 6.65. The number of hydrogen-bond donors (Lipinski definition) is 1. The lowest BCUT2D eigenvalue weighted by atomic mass is 9.84. The summed E-state index contributed by atoms with van der Waals surface area (Å²) in [5, 5.41) is 12.6. The number of carbonyl (C=O) groups excluding carboxylic acids is 1. The van der Waals surface area contributed by atoms with Gasteiger partial charge in [-0.2, -0.15) is 0 Å². The molecule has 0 spiro atoms. The van der Waals surface area contributed by atoms with Gasteiger partial charge >= 0.3 is 0 Å². The molecule has 3 rings (SSSR count). The number of thioether (sulfide) groups is 1. The van der Waals surface area contributed by atoms with Gasteiger partial charge in [0.1, 0.15) is 0 Å². The Morgan fingerprint density at radius 2 is 1.93 bits per heavy atom. The third kappa shape index (κ3) is 5.12. The average molecular weight is 387 g/mol. The molecule has 146 valence electrons. The molecule has 1 saturated carbocycles. The summed E-state index contributed by atoms with van der Waals surface area (Å²) < 4.78 is 1.99. The van der Waals surface area contributed by atoms with E-state index < -0.39 is 0 Å². The topological polar surface area (TPSA) is 59.8 Å². The van der Waals surface area contributed by atoms with E-state index in [2.05, 4.69) is 41.5 Å². The number of amides is 1. The van der Waals surface area contributed by atoms with Gasteiger partial charge in [0.25, 0.3) is 0 Å². The van der Waals surface area contributed by atoms with Crippen LogP contribution in [0.5, 0.6) is 0 Å². The second-order valence-electron chi connectivity index (χ2n) is 7.81. The van der Waals surface area contributed by atoms with E-state index in [1.54, 1.807) is 11.8 Å². The summed E-state index contributed by atoms with van der Waals surface area (Å²) in [4.78, 5) is 13.1. The van der Waals surface area contributed by atoms with Crippen LogP contribution in [0.1, 0.15) is 56.8 Å². The summed E-state index contributed by atoms with van der Waals surface area (Å²) in [6.45, 7) is 4.80. The lowest BCUT2D eigenvalue weighted by molar-refractivity contribution is -0.124. The molecule has 1 aromatic carbocycles. The molecule has 1 fully saturated rings. The molecule has 1 unspecified atom stereocenters. The van der Waals surface area contributed by atoms with Crippen LogP contribution in [0, 0.1) is 11.8 Å². The highest BCUT2D eigenvalue weighted by molar-refractivity contribution is 7.99. The fraction of sp³-hybridized carbons (Fsp3) is 0.571. The highest BCUT2D eigenvalue weighted by Gasteiger charge is 2.31. The van der Waals surface area contributed by atoms with Crippen LogP contribution in [0.4, 0.5) is 0 Å². The minimum absolute atomic E-state index is 0.0725. The molecule has 0 radical (unpaired) electrons. The Balaban J connectivity index is 1.66. The monoisotopic (exact) mass is 386 g/mol. The standard InChI is InChI=1S/C21H30N4OS/c1-15(2)14-27-21-24-23-18(25(21)3)13-22-20(26)19(17-11-7-8-12-17)16-9-5-4-6-10-16/h4-6,9-10,15,17,19H,7-8,11-14H2,1-3H3,(H,22,26). The van der Waals surface area contributed by atoms with Crippen molar-refractivity contribution in [1.82, 2.24) is 20.1 Å². The van der Waals surface area contributed by atoms with Crippen LogP contribution in [-0.2, 0) is 18.4 Å². The summed E-state index contributed by atoms with van der Waals surface area (Å²) in [6.07, 6.45) is 4.71. The predicted octanol–water partition coefficient (Wildman–Crippen LogP) is 4.15. The minimum Gasteiger partial charge on any atom is -0.348 e. The fourth-order valence-corrected chi connectivity index (χ4v) is 4.61. The van der Waals surface area contributed by atoms with Crippen molar-refractivity contribution in [1.29, 1.82) is 0 Å². The van der Waals surface area contributed by atoms with Crippen molar-refractivity contribution in [3.8, 4) is 0 Å². The van der Waals surface area contributed by atoms with E-state index in [9.17, 15) is 4.79 Å². The maximum atomic E-state index is 13.1. The Morgan fingerprint density at radius 1 is 1.22 bits per heavy atom. The van der Waals surface area contributed by atoms with E-state index in [0.29, 0.717) is 18.4 Å². The maximum Gasteiger partial charge on any atom is 0.228 e. The number of nitrogens with one attached hydrogen (secondary N) is 1. The van der Waals surface area contributed by atoms with Crippen LogP contribution in [0.25, 0.3) is 0 Å². The van der Waals surface area contributed by atoms with Crippen molar-refractivity contribution in [3.05, 3.63) is 41.7 Å². The van der Waals surface area contributed by atoms with E-state index >= 15 is 0 Å². The molecule has 0 aliphatic heterocycles. The van der Waals surface area contributed by atoms with Crippen molar-refractivity contribution in [3.63, 3.8) is 0 Å². The average Bonchev–Trinajstić information content (AvgIpc) is 3.30. The van der Waals surface area contributed by atoms with Crippen LogP contribution in [-0.4, -0.2) is 26.4 Å². The summed E-state index contributed by atoms with van der Waals surface area (Å²) >= 11 is 1.71. The van der Waals surface area contributed by atoms with Gasteiger partial charge < -0.3 is 9.88 Å². The van der Waals surface area contributed by atoms with E-state index in [0.717, 1.165) is 35.1 Å². The van der Waals surface area contributed by atoms with Crippen molar-refractivity contribution < 1.29 is 4.79 Å². The Hall–Kier alpha value is -1.82. The van der Waals surface area contributed by atoms with Gasteiger partial charge in [-0.05, 0) is 30.2 Å². The van der Waals surface area contributed by atoms with Gasteiger partial charge in [-0.25, -0.2) is 0 Å². The van der Waals surface area contributed by atoms with Crippen molar-refractivity contribution in [2.75, 3.05) is 5.75 Å². The first-order chi connectivity index (χ1) is 13.1. The molecule has 0 bridgehead atoms. The predicted molar refractivity (Wildman–Crippen MR) is 110 cm³/mol. The van der Waals surface area contributed by atoms with Crippen LogP contribution >= 0.6 is 11.8 Å². The number of nitrogens with zero attached hydrogens (tertiary/aromatic N) is 3. The minimum atomic E-state index is -0.0725. The van der Waals surface area contributed by atoms with Gasteiger partial charge in [-0.1, -0.05) is 68.8 Å². The molecule has 27 heavy (non-hydrogen) atoms. The zero-order valence-electron chi connectivity index (χ0n) is 16.5. The highest BCUT2D eigenvalue weighted by Crippen LogP contribution is 2.37. The smallest absolute Gasteiger partial charge is 0.228 e. The molecule has 5 nitrogen and oxygen atoms in total. The van der Waals surface area contributed by atoms with Crippen LogP contribution < -0.4 is 5.32 Å². The van der Waals surface area contributed by atoms with Crippen LogP contribution in [0.3, 0.4) is 0 Å². The molecule has 1 aliphatic carbocycles. The first kappa shape index (κ1) is 19.9. The molecular weight excluding hydrogens is 356 g/mol. The molecule has 1 heterocycles. The highest BCUT2D eigenvalue weighted by atomic mass is 32.2.